The largest absolute Gasteiger partial charge is 0.337 e. The maximum atomic E-state index is 5.05. The van der Waals surface area contributed by atoms with Gasteiger partial charge >= 0.3 is 0 Å². The van der Waals surface area contributed by atoms with Crippen LogP contribution in [0.4, 0.5) is 0 Å². The molecule has 1 heterocycles. The van der Waals surface area contributed by atoms with Gasteiger partial charge in [0.15, 0.2) is 4.77 Å². The minimum Gasteiger partial charge on any atom is -0.337 e. The molecule has 3 rings (SSSR count). The van der Waals surface area contributed by atoms with Gasteiger partial charge in [-0.05, 0) is 54.9 Å². The third-order valence-electron chi connectivity index (χ3n) is 3.61. The Morgan fingerprint density at radius 2 is 2.12 bits per heavy atom. The lowest BCUT2D eigenvalue weighted by atomic mass is 9.82. The molecule has 0 aliphatic heterocycles. The van der Waals surface area contributed by atoms with Crippen LogP contribution in [-0.2, 0) is 19.3 Å². The molecule has 3 heteroatoms. The molecule has 2 nitrogen and oxygen atoms in total. The van der Waals surface area contributed by atoms with Gasteiger partial charge in [0.05, 0.1) is 0 Å². The van der Waals surface area contributed by atoms with E-state index in [0.717, 1.165) is 17.1 Å². The van der Waals surface area contributed by atoms with E-state index >= 15 is 0 Å². The molecule has 0 bridgehead atoms. The quantitative estimate of drug-likeness (QED) is 0.778. The number of nitrogens with one attached hydrogen (secondary N) is 2. The maximum Gasteiger partial charge on any atom is 0.174 e. The first-order chi connectivity index (χ1) is 8.31. The van der Waals surface area contributed by atoms with E-state index in [4.69, 9.17) is 12.2 Å². The summed E-state index contributed by atoms with van der Waals surface area (Å²) < 4.78 is 0.733. The van der Waals surface area contributed by atoms with Crippen molar-refractivity contribution in [2.75, 3.05) is 0 Å². The van der Waals surface area contributed by atoms with E-state index in [9.17, 15) is 0 Å². The Balaban J connectivity index is 0.00000120. The highest BCUT2D eigenvalue weighted by Crippen LogP contribution is 2.27. The van der Waals surface area contributed by atoms with E-state index in [2.05, 4.69) is 34.2 Å². The van der Waals surface area contributed by atoms with Gasteiger partial charge in [0.2, 0.25) is 0 Å². The van der Waals surface area contributed by atoms with Gasteiger partial charge in [-0.25, -0.2) is 0 Å². The molecule has 1 aromatic carbocycles. The van der Waals surface area contributed by atoms with Crippen molar-refractivity contribution in [3.8, 4) is 0 Å². The molecule has 2 N–H and O–H groups in total. The van der Waals surface area contributed by atoms with Crippen LogP contribution in [0.5, 0.6) is 0 Å². The van der Waals surface area contributed by atoms with Crippen molar-refractivity contribution in [2.45, 2.75) is 25.7 Å². The van der Waals surface area contributed by atoms with Crippen LogP contribution in [0.3, 0.4) is 0 Å². The number of aromatic amines is 2. The maximum absolute atomic E-state index is 5.05. The number of hydrogen-bond acceptors (Lipinski definition) is 1. The van der Waals surface area contributed by atoms with Crippen molar-refractivity contribution in [3.63, 3.8) is 0 Å². The van der Waals surface area contributed by atoms with Crippen molar-refractivity contribution >= 4 is 12.2 Å². The fourth-order valence-electron chi connectivity index (χ4n) is 2.74. The molecule has 0 amide bonds. The lowest BCUT2D eigenvalue weighted by molar-refractivity contribution is 0.452. The van der Waals surface area contributed by atoms with Crippen molar-refractivity contribution < 1.29 is 1.43 Å². The van der Waals surface area contributed by atoms with Crippen LogP contribution < -0.4 is 0 Å². The molecule has 0 fully saturated rings. The molecule has 0 radical (unpaired) electrons. The molecule has 2 aromatic rings. The third-order valence-corrected chi connectivity index (χ3v) is 3.83. The molecule has 17 heavy (non-hydrogen) atoms. The first-order valence-corrected chi connectivity index (χ1v) is 6.55. The van der Waals surface area contributed by atoms with Crippen molar-refractivity contribution in [1.82, 2.24) is 9.97 Å². The van der Waals surface area contributed by atoms with Gasteiger partial charge in [-0.1, -0.05) is 24.3 Å². The third kappa shape index (κ3) is 2.34. The zero-order valence-electron chi connectivity index (χ0n) is 9.70. The summed E-state index contributed by atoms with van der Waals surface area (Å²) in [5.41, 5.74) is 4.29. The summed E-state index contributed by atoms with van der Waals surface area (Å²) in [7, 11) is 0. The second-order valence-electron chi connectivity index (χ2n) is 4.85. The molecular formula is C14H18N2S. The van der Waals surface area contributed by atoms with Gasteiger partial charge in [-0.3, -0.25) is 0 Å². The molecule has 1 aliphatic carbocycles. The SMILES string of the molecule is S=c1[nH]cc(C[C@@H]2CCc3ccccc3C2)[nH]1.[HH]. The number of aryl methyl sites for hydroxylation is 1. The lowest BCUT2D eigenvalue weighted by Gasteiger charge is -2.23. The van der Waals surface area contributed by atoms with Gasteiger partial charge in [0, 0.05) is 13.3 Å². The first-order valence-electron chi connectivity index (χ1n) is 6.14. The predicted molar refractivity (Wildman–Crippen MR) is 73.8 cm³/mol. The fraction of sp³-hybridized carbons (Fsp3) is 0.357. The first kappa shape index (κ1) is 10.8. The summed E-state index contributed by atoms with van der Waals surface area (Å²) in [5, 5.41) is 0. The highest BCUT2D eigenvalue weighted by atomic mass is 32.1. The van der Waals surface area contributed by atoms with Gasteiger partial charge in [-0.2, -0.15) is 0 Å². The molecule has 0 spiro atoms. The summed E-state index contributed by atoms with van der Waals surface area (Å²) in [6.45, 7) is 0. The number of aromatic nitrogens is 2. The number of benzene rings is 1. The number of hydrogen-bond donors (Lipinski definition) is 2. The number of imidazole rings is 1. The monoisotopic (exact) mass is 246 g/mol. The zero-order valence-corrected chi connectivity index (χ0v) is 10.5. The van der Waals surface area contributed by atoms with E-state index in [0.29, 0.717) is 0 Å². The standard InChI is InChI=1S/C14H16N2S.H2/c17-14-15-9-13(16-14)8-10-5-6-11-3-1-2-4-12(11)7-10;/h1-4,9-10H,5-8H2,(H2,15,16,17);1H/t10-;/m1./s1. The molecule has 1 atom stereocenters. The normalized spacial score (nSPS) is 18.9. The minimum absolute atomic E-state index is 0. The van der Waals surface area contributed by atoms with Crippen LogP contribution in [-0.4, -0.2) is 9.97 Å². The summed E-state index contributed by atoms with van der Waals surface area (Å²) >= 11 is 5.05. The summed E-state index contributed by atoms with van der Waals surface area (Å²) in [5.74, 6) is 0.742. The average molecular weight is 246 g/mol. The second-order valence-corrected chi connectivity index (χ2v) is 5.26. The Kier molecular flexibility index (Phi) is 2.85. The second kappa shape index (κ2) is 4.49. The molecule has 90 valence electrons. The van der Waals surface area contributed by atoms with Crippen LogP contribution in [0.15, 0.2) is 30.5 Å². The topological polar surface area (TPSA) is 31.6 Å². The highest BCUT2D eigenvalue weighted by Gasteiger charge is 2.18. The van der Waals surface area contributed by atoms with Crippen molar-refractivity contribution in [2.24, 2.45) is 5.92 Å². The molecule has 0 saturated carbocycles. The van der Waals surface area contributed by atoms with E-state index in [1.165, 1.54) is 36.1 Å². The van der Waals surface area contributed by atoms with E-state index in [-0.39, 0.29) is 1.43 Å². The Morgan fingerprint density at radius 3 is 2.88 bits per heavy atom. The summed E-state index contributed by atoms with van der Waals surface area (Å²) in [6, 6.07) is 8.81. The molecule has 0 unspecified atom stereocenters. The van der Waals surface area contributed by atoms with Crippen molar-refractivity contribution in [1.29, 1.82) is 0 Å². The van der Waals surface area contributed by atoms with Crippen LogP contribution in [0.25, 0.3) is 0 Å². The Morgan fingerprint density at radius 1 is 1.29 bits per heavy atom. The number of fused-ring (bicyclic) bond motifs is 1. The average Bonchev–Trinajstić information content (AvgIpc) is 2.75. The van der Waals surface area contributed by atoms with Gasteiger partial charge < -0.3 is 9.97 Å². The van der Waals surface area contributed by atoms with Crippen LogP contribution >= 0.6 is 12.2 Å². The Bertz CT molecular complexity index is 573. The predicted octanol–water partition coefficient (Wildman–Crippen LogP) is 3.67. The minimum atomic E-state index is 0. The number of H-pyrrole nitrogens is 2. The van der Waals surface area contributed by atoms with E-state index < -0.39 is 0 Å². The van der Waals surface area contributed by atoms with Gasteiger partial charge in [0.1, 0.15) is 0 Å². The van der Waals surface area contributed by atoms with Gasteiger partial charge in [-0.15, -0.1) is 0 Å². The molecule has 1 aliphatic rings. The molecule has 1 aromatic heterocycles. The van der Waals surface area contributed by atoms with Crippen LogP contribution in [0.1, 0.15) is 24.7 Å². The smallest absolute Gasteiger partial charge is 0.174 e. The fourth-order valence-corrected chi connectivity index (χ4v) is 2.93. The number of rotatable bonds is 2. The Labute approximate surface area is 108 Å². The molecular weight excluding hydrogens is 228 g/mol. The zero-order chi connectivity index (χ0) is 11.7. The Hall–Kier alpha value is -1.35. The lowest BCUT2D eigenvalue weighted by Crippen LogP contribution is -2.16. The van der Waals surface area contributed by atoms with Gasteiger partial charge in [0.25, 0.3) is 0 Å². The van der Waals surface area contributed by atoms with Crippen LogP contribution in [0, 0.1) is 10.7 Å². The van der Waals surface area contributed by atoms with E-state index in [1.807, 2.05) is 6.20 Å². The highest BCUT2D eigenvalue weighted by molar-refractivity contribution is 7.71. The van der Waals surface area contributed by atoms with Crippen LogP contribution in [0.2, 0.25) is 0 Å². The summed E-state index contributed by atoms with van der Waals surface area (Å²) in [4.78, 5) is 6.24. The van der Waals surface area contributed by atoms with Crippen molar-refractivity contribution in [3.05, 3.63) is 52.1 Å². The van der Waals surface area contributed by atoms with E-state index in [1.54, 1.807) is 0 Å². The summed E-state index contributed by atoms with van der Waals surface area (Å²) in [6.07, 6.45) is 6.79. The molecule has 0 saturated heterocycles.